The van der Waals surface area contributed by atoms with Crippen LogP contribution in [0.1, 0.15) is 31.1 Å². The second-order valence-electron chi connectivity index (χ2n) is 5.17. The number of hydrogen-bond donors (Lipinski definition) is 1. The van der Waals surface area contributed by atoms with Gasteiger partial charge in [-0.1, -0.05) is 0 Å². The van der Waals surface area contributed by atoms with Crippen LogP contribution in [0.5, 0.6) is 0 Å². The highest BCUT2D eigenvalue weighted by atomic mass is 19.1. The number of carbonyl (C=O) groups is 1. The van der Waals surface area contributed by atoms with Gasteiger partial charge in [0.1, 0.15) is 5.82 Å². The number of hydrogen-bond acceptors (Lipinski definition) is 4. The smallest absolute Gasteiger partial charge is 0.305 e. The van der Waals surface area contributed by atoms with Crippen molar-refractivity contribution in [3.05, 3.63) is 39.4 Å². The first-order valence-corrected chi connectivity index (χ1v) is 6.22. The molecule has 0 aliphatic carbocycles. The summed E-state index contributed by atoms with van der Waals surface area (Å²) in [7, 11) is 0. The van der Waals surface area contributed by atoms with E-state index in [1.54, 1.807) is 6.92 Å². The van der Waals surface area contributed by atoms with Crippen LogP contribution in [0.2, 0.25) is 0 Å². The van der Waals surface area contributed by atoms with Gasteiger partial charge in [-0.15, -0.1) is 0 Å². The van der Waals surface area contributed by atoms with Gasteiger partial charge in [-0.2, -0.15) is 4.39 Å². The SMILES string of the molecule is CCN(CC(C)(C)O)C(=O)c1cc([N+](=O)[O-])c(F)cc1F. The van der Waals surface area contributed by atoms with Crippen molar-refractivity contribution in [2.24, 2.45) is 0 Å². The number of nitro benzene ring substituents is 1. The summed E-state index contributed by atoms with van der Waals surface area (Å²) in [5.41, 5.74) is -2.79. The first-order valence-electron chi connectivity index (χ1n) is 6.22. The van der Waals surface area contributed by atoms with Gasteiger partial charge in [0.2, 0.25) is 5.82 Å². The Kier molecular flexibility index (Phi) is 4.95. The number of benzene rings is 1. The third-order valence-electron chi connectivity index (χ3n) is 2.71. The molecule has 0 saturated heterocycles. The summed E-state index contributed by atoms with van der Waals surface area (Å²) in [4.78, 5) is 22.9. The van der Waals surface area contributed by atoms with Crippen molar-refractivity contribution in [1.82, 2.24) is 4.90 Å². The van der Waals surface area contributed by atoms with E-state index in [1.165, 1.54) is 13.8 Å². The van der Waals surface area contributed by atoms with Gasteiger partial charge in [-0.05, 0) is 20.8 Å². The number of nitrogens with zero attached hydrogens (tertiary/aromatic N) is 2. The number of aliphatic hydroxyl groups is 1. The highest BCUT2D eigenvalue weighted by molar-refractivity contribution is 5.95. The molecule has 1 rings (SSSR count). The van der Waals surface area contributed by atoms with Gasteiger partial charge in [0, 0.05) is 25.2 Å². The molecule has 0 spiro atoms. The van der Waals surface area contributed by atoms with Crippen molar-refractivity contribution in [1.29, 1.82) is 0 Å². The molecule has 116 valence electrons. The fourth-order valence-electron chi connectivity index (χ4n) is 1.81. The van der Waals surface area contributed by atoms with Gasteiger partial charge in [-0.3, -0.25) is 14.9 Å². The Morgan fingerprint density at radius 2 is 1.95 bits per heavy atom. The van der Waals surface area contributed by atoms with Gasteiger partial charge in [0.15, 0.2) is 0 Å². The van der Waals surface area contributed by atoms with Gasteiger partial charge >= 0.3 is 5.69 Å². The predicted octanol–water partition coefficient (Wildman–Crippen LogP) is 2.11. The lowest BCUT2D eigenvalue weighted by Crippen LogP contribution is -2.42. The molecule has 1 aromatic carbocycles. The summed E-state index contributed by atoms with van der Waals surface area (Å²) in [5.74, 6) is -3.38. The largest absolute Gasteiger partial charge is 0.389 e. The first-order chi connectivity index (χ1) is 9.56. The van der Waals surface area contributed by atoms with Crippen molar-refractivity contribution in [2.45, 2.75) is 26.4 Å². The van der Waals surface area contributed by atoms with Gasteiger partial charge < -0.3 is 10.0 Å². The fourth-order valence-corrected chi connectivity index (χ4v) is 1.81. The summed E-state index contributed by atoms with van der Waals surface area (Å²) in [6, 6.07) is 0.878. The number of carbonyl (C=O) groups excluding carboxylic acids is 1. The Morgan fingerprint density at radius 3 is 2.38 bits per heavy atom. The lowest BCUT2D eigenvalue weighted by atomic mass is 10.1. The molecule has 6 nitrogen and oxygen atoms in total. The molecule has 8 heteroatoms. The third-order valence-corrected chi connectivity index (χ3v) is 2.71. The minimum absolute atomic E-state index is 0.0903. The Bertz CT molecular complexity index is 570. The predicted molar refractivity (Wildman–Crippen MR) is 70.9 cm³/mol. The maximum atomic E-state index is 13.7. The molecule has 1 aromatic rings. The molecule has 0 aliphatic rings. The van der Waals surface area contributed by atoms with Crippen molar-refractivity contribution in [3.8, 4) is 0 Å². The van der Waals surface area contributed by atoms with E-state index in [1.807, 2.05) is 0 Å². The molecule has 0 aromatic heterocycles. The summed E-state index contributed by atoms with van der Waals surface area (Å²) >= 11 is 0. The van der Waals surface area contributed by atoms with Gasteiger partial charge in [0.05, 0.1) is 16.1 Å². The second kappa shape index (κ2) is 6.13. The van der Waals surface area contributed by atoms with Crippen LogP contribution in [0.3, 0.4) is 0 Å². The molecular weight excluding hydrogens is 286 g/mol. The maximum Gasteiger partial charge on any atom is 0.305 e. The van der Waals surface area contributed by atoms with Crippen LogP contribution in [0, 0.1) is 21.7 Å². The highest BCUT2D eigenvalue weighted by Gasteiger charge is 2.27. The molecule has 1 N–H and O–H groups in total. The monoisotopic (exact) mass is 302 g/mol. The fraction of sp³-hybridized carbons (Fsp3) is 0.462. The van der Waals surface area contributed by atoms with Crippen LogP contribution in [-0.2, 0) is 0 Å². The normalized spacial score (nSPS) is 11.3. The number of rotatable bonds is 5. The molecule has 1 amide bonds. The molecule has 0 heterocycles. The number of nitro groups is 1. The van der Waals surface area contributed by atoms with Crippen molar-refractivity contribution < 1.29 is 23.6 Å². The first kappa shape index (κ1) is 17.0. The Balaban J connectivity index is 3.22. The Hall–Kier alpha value is -2.09. The summed E-state index contributed by atoms with van der Waals surface area (Å²) < 4.78 is 27.0. The average molecular weight is 302 g/mol. The highest BCUT2D eigenvalue weighted by Crippen LogP contribution is 2.23. The van der Waals surface area contributed by atoms with Crippen LogP contribution in [0.15, 0.2) is 12.1 Å². The molecule has 0 radical (unpaired) electrons. The minimum atomic E-state index is -1.35. The van der Waals surface area contributed by atoms with Crippen molar-refractivity contribution in [3.63, 3.8) is 0 Å². The van der Waals surface area contributed by atoms with Crippen LogP contribution >= 0.6 is 0 Å². The van der Waals surface area contributed by atoms with Crippen LogP contribution < -0.4 is 0 Å². The molecule has 0 aliphatic heterocycles. The number of amides is 1. The quantitative estimate of drug-likeness (QED) is 0.667. The van der Waals surface area contributed by atoms with E-state index in [9.17, 15) is 28.8 Å². The second-order valence-corrected chi connectivity index (χ2v) is 5.17. The Labute approximate surface area is 120 Å². The lowest BCUT2D eigenvalue weighted by molar-refractivity contribution is -0.387. The summed E-state index contributed by atoms with van der Waals surface area (Å²) in [5, 5.41) is 20.4. The summed E-state index contributed by atoms with van der Waals surface area (Å²) in [6.07, 6.45) is 0. The number of halogens is 2. The van der Waals surface area contributed by atoms with E-state index < -0.39 is 39.3 Å². The average Bonchev–Trinajstić information content (AvgIpc) is 2.33. The molecule has 0 bridgehead atoms. The van der Waals surface area contributed by atoms with Crippen LogP contribution in [0.4, 0.5) is 14.5 Å². The van der Waals surface area contributed by atoms with Crippen molar-refractivity contribution >= 4 is 11.6 Å². The standard InChI is InChI=1S/C13H16F2N2O4/c1-4-16(7-13(2,3)19)12(18)8-5-11(17(20)21)10(15)6-9(8)14/h5-6,19H,4,7H2,1-3H3. The zero-order chi connectivity index (χ0) is 16.4. The van der Waals surface area contributed by atoms with E-state index in [-0.39, 0.29) is 13.1 Å². The van der Waals surface area contributed by atoms with E-state index in [0.29, 0.717) is 12.1 Å². The maximum absolute atomic E-state index is 13.7. The molecule has 21 heavy (non-hydrogen) atoms. The van der Waals surface area contributed by atoms with Crippen molar-refractivity contribution in [2.75, 3.05) is 13.1 Å². The van der Waals surface area contributed by atoms with E-state index >= 15 is 0 Å². The van der Waals surface area contributed by atoms with E-state index in [2.05, 4.69) is 0 Å². The molecule has 0 fully saturated rings. The molecule has 0 atom stereocenters. The molecule has 0 unspecified atom stereocenters. The summed E-state index contributed by atoms with van der Waals surface area (Å²) in [6.45, 7) is 4.61. The van der Waals surface area contributed by atoms with E-state index in [4.69, 9.17) is 0 Å². The lowest BCUT2D eigenvalue weighted by Gasteiger charge is -2.28. The zero-order valence-corrected chi connectivity index (χ0v) is 11.9. The number of likely N-dealkylation sites (N-methyl/N-ethyl adjacent to an activating group) is 1. The Morgan fingerprint density at radius 1 is 1.38 bits per heavy atom. The zero-order valence-electron chi connectivity index (χ0n) is 11.9. The molecule has 0 saturated carbocycles. The topological polar surface area (TPSA) is 83.7 Å². The van der Waals surface area contributed by atoms with Gasteiger partial charge in [0.25, 0.3) is 5.91 Å². The third kappa shape index (κ3) is 4.19. The van der Waals surface area contributed by atoms with Crippen LogP contribution in [-0.4, -0.2) is 39.5 Å². The van der Waals surface area contributed by atoms with Gasteiger partial charge in [-0.25, -0.2) is 4.39 Å². The molecular formula is C13H16F2N2O4. The van der Waals surface area contributed by atoms with E-state index in [0.717, 1.165) is 4.90 Å². The minimum Gasteiger partial charge on any atom is -0.389 e. The van der Waals surface area contributed by atoms with Crippen LogP contribution in [0.25, 0.3) is 0 Å².